The van der Waals surface area contributed by atoms with Crippen LogP contribution < -0.4 is 5.32 Å². The fraction of sp³-hybridized carbons (Fsp3) is 0.682. The Morgan fingerprint density at radius 3 is 2.63 bits per heavy atom. The van der Waals surface area contributed by atoms with E-state index in [9.17, 15) is 0 Å². The maximum absolute atomic E-state index is 5.68. The standard InChI is InChI=1S/C22H36N4O/c1-4-23-21(26-13-11-22(17-26)12-14-27-18-22)24-15-19-9-7-8-10-20(19)16-25(5-2)6-3/h7-10H,4-6,11-18H2,1-3H3,(H,23,24). The Morgan fingerprint density at radius 2 is 1.96 bits per heavy atom. The van der Waals surface area contributed by atoms with Gasteiger partial charge in [-0.2, -0.15) is 0 Å². The number of rotatable bonds is 7. The third-order valence-corrected chi connectivity index (χ3v) is 6.06. The molecule has 2 heterocycles. The van der Waals surface area contributed by atoms with Gasteiger partial charge in [-0.3, -0.25) is 4.90 Å². The summed E-state index contributed by atoms with van der Waals surface area (Å²) in [4.78, 5) is 9.90. The summed E-state index contributed by atoms with van der Waals surface area (Å²) in [7, 11) is 0. The largest absolute Gasteiger partial charge is 0.381 e. The predicted molar refractivity (Wildman–Crippen MR) is 112 cm³/mol. The van der Waals surface area contributed by atoms with Crippen molar-refractivity contribution < 1.29 is 4.74 Å². The Hall–Kier alpha value is -1.59. The van der Waals surface area contributed by atoms with Gasteiger partial charge in [-0.15, -0.1) is 0 Å². The summed E-state index contributed by atoms with van der Waals surface area (Å²) in [6, 6.07) is 8.74. The average molecular weight is 373 g/mol. The molecule has 5 nitrogen and oxygen atoms in total. The smallest absolute Gasteiger partial charge is 0.194 e. The maximum Gasteiger partial charge on any atom is 0.194 e. The van der Waals surface area contributed by atoms with E-state index in [0.717, 1.165) is 65.0 Å². The molecule has 0 aromatic heterocycles. The second-order valence-electron chi connectivity index (χ2n) is 7.87. The molecule has 1 aromatic rings. The van der Waals surface area contributed by atoms with E-state index in [1.54, 1.807) is 0 Å². The van der Waals surface area contributed by atoms with E-state index in [2.05, 4.69) is 60.2 Å². The van der Waals surface area contributed by atoms with Crippen LogP contribution in [0.2, 0.25) is 0 Å². The first-order valence-corrected chi connectivity index (χ1v) is 10.6. The topological polar surface area (TPSA) is 40.1 Å². The Morgan fingerprint density at radius 1 is 1.19 bits per heavy atom. The van der Waals surface area contributed by atoms with Crippen molar-refractivity contribution >= 4 is 5.96 Å². The van der Waals surface area contributed by atoms with Gasteiger partial charge in [0.15, 0.2) is 5.96 Å². The molecule has 1 atom stereocenters. The summed E-state index contributed by atoms with van der Waals surface area (Å²) in [5.41, 5.74) is 3.08. The normalized spacial score (nSPS) is 23.0. The Labute approximate surface area is 164 Å². The molecule has 27 heavy (non-hydrogen) atoms. The monoisotopic (exact) mass is 372 g/mol. The summed E-state index contributed by atoms with van der Waals surface area (Å²) in [5.74, 6) is 1.05. The fourth-order valence-corrected chi connectivity index (χ4v) is 4.23. The maximum atomic E-state index is 5.68. The second kappa shape index (κ2) is 9.56. The lowest BCUT2D eigenvalue weighted by atomic mass is 9.87. The molecule has 5 heteroatoms. The number of guanidine groups is 1. The molecule has 1 N–H and O–H groups in total. The highest BCUT2D eigenvalue weighted by molar-refractivity contribution is 5.80. The third-order valence-electron chi connectivity index (χ3n) is 6.06. The van der Waals surface area contributed by atoms with Gasteiger partial charge in [0.05, 0.1) is 13.2 Å². The molecule has 3 rings (SSSR count). The highest BCUT2D eigenvalue weighted by Gasteiger charge is 2.42. The SMILES string of the molecule is CCNC(=NCc1ccccc1CN(CC)CC)N1CCC2(CCOC2)C1. The lowest BCUT2D eigenvalue weighted by molar-refractivity contribution is 0.156. The number of aliphatic imine (C=N–C) groups is 1. The van der Waals surface area contributed by atoms with Crippen molar-refractivity contribution in [3.05, 3.63) is 35.4 Å². The minimum Gasteiger partial charge on any atom is -0.381 e. The van der Waals surface area contributed by atoms with Crippen LogP contribution >= 0.6 is 0 Å². The van der Waals surface area contributed by atoms with Gasteiger partial charge < -0.3 is 15.0 Å². The van der Waals surface area contributed by atoms with Gasteiger partial charge in [-0.25, -0.2) is 4.99 Å². The summed E-state index contributed by atoms with van der Waals surface area (Å²) < 4.78 is 5.68. The highest BCUT2D eigenvalue weighted by Crippen LogP contribution is 2.38. The summed E-state index contributed by atoms with van der Waals surface area (Å²) in [6.07, 6.45) is 2.41. The molecule has 0 amide bonds. The van der Waals surface area contributed by atoms with Crippen molar-refractivity contribution in [2.75, 3.05) is 45.9 Å². The number of likely N-dealkylation sites (tertiary alicyclic amines) is 1. The second-order valence-corrected chi connectivity index (χ2v) is 7.87. The number of hydrogen-bond acceptors (Lipinski definition) is 3. The first-order chi connectivity index (χ1) is 13.2. The van der Waals surface area contributed by atoms with Crippen LogP contribution in [0.15, 0.2) is 29.3 Å². The van der Waals surface area contributed by atoms with E-state index >= 15 is 0 Å². The van der Waals surface area contributed by atoms with E-state index in [1.165, 1.54) is 24.0 Å². The van der Waals surface area contributed by atoms with Gasteiger partial charge in [-0.1, -0.05) is 38.1 Å². The minimum absolute atomic E-state index is 0.358. The van der Waals surface area contributed by atoms with Crippen LogP contribution in [0.3, 0.4) is 0 Å². The number of nitrogens with zero attached hydrogens (tertiary/aromatic N) is 3. The Balaban J connectivity index is 1.70. The van der Waals surface area contributed by atoms with Gasteiger partial charge in [0.2, 0.25) is 0 Å². The molecule has 0 aliphatic carbocycles. The van der Waals surface area contributed by atoms with Crippen LogP contribution in [-0.4, -0.2) is 61.7 Å². The number of nitrogens with one attached hydrogen (secondary N) is 1. The van der Waals surface area contributed by atoms with Crippen LogP contribution in [0.5, 0.6) is 0 Å². The van der Waals surface area contributed by atoms with Gasteiger partial charge in [0.1, 0.15) is 0 Å². The zero-order valence-electron chi connectivity index (χ0n) is 17.3. The van der Waals surface area contributed by atoms with E-state index in [0.29, 0.717) is 5.41 Å². The molecule has 2 aliphatic heterocycles. The average Bonchev–Trinajstić information content (AvgIpc) is 3.34. The first-order valence-electron chi connectivity index (χ1n) is 10.6. The molecule has 1 aromatic carbocycles. The molecule has 0 radical (unpaired) electrons. The molecule has 0 saturated carbocycles. The van der Waals surface area contributed by atoms with Crippen molar-refractivity contribution in [3.8, 4) is 0 Å². The lowest BCUT2D eigenvalue weighted by Gasteiger charge is -2.25. The Bertz CT molecular complexity index is 620. The number of ether oxygens (including phenoxy) is 1. The van der Waals surface area contributed by atoms with Crippen LogP contribution in [0.1, 0.15) is 44.7 Å². The van der Waals surface area contributed by atoms with Crippen LogP contribution in [0, 0.1) is 5.41 Å². The minimum atomic E-state index is 0.358. The predicted octanol–water partition coefficient (Wildman–Crippen LogP) is 3.11. The molecule has 2 aliphatic rings. The molecule has 1 unspecified atom stereocenters. The van der Waals surface area contributed by atoms with Crippen LogP contribution in [0.4, 0.5) is 0 Å². The highest BCUT2D eigenvalue weighted by atomic mass is 16.5. The van der Waals surface area contributed by atoms with E-state index in [1.807, 2.05) is 0 Å². The van der Waals surface area contributed by atoms with Crippen LogP contribution in [-0.2, 0) is 17.8 Å². The summed E-state index contributed by atoms with van der Waals surface area (Å²) >= 11 is 0. The van der Waals surface area contributed by atoms with Gasteiger partial charge in [-0.05, 0) is 44.0 Å². The van der Waals surface area contributed by atoms with Crippen molar-refractivity contribution in [1.82, 2.24) is 15.1 Å². The van der Waals surface area contributed by atoms with Crippen molar-refractivity contribution in [2.45, 2.75) is 46.7 Å². The first kappa shape index (κ1) is 20.2. The van der Waals surface area contributed by atoms with Crippen molar-refractivity contribution in [2.24, 2.45) is 10.4 Å². The molecular formula is C22H36N4O. The van der Waals surface area contributed by atoms with E-state index in [4.69, 9.17) is 9.73 Å². The van der Waals surface area contributed by atoms with Crippen molar-refractivity contribution in [1.29, 1.82) is 0 Å². The molecule has 150 valence electrons. The fourth-order valence-electron chi connectivity index (χ4n) is 4.23. The summed E-state index contributed by atoms with van der Waals surface area (Å²) in [5, 5.41) is 3.51. The number of benzene rings is 1. The van der Waals surface area contributed by atoms with Crippen LogP contribution in [0.25, 0.3) is 0 Å². The van der Waals surface area contributed by atoms with Gasteiger partial charge in [0.25, 0.3) is 0 Å². The lowest BCUT2D eigenvalue weighted by Crippen LogP contribution is -2.41. The van der Waals surface area contributed by atoms with E-state index < -0.39 is 0 Å². The molecule has 2 fully saturated rings. The summed E-state index contributed by atoms with van der Waals surface area (Å²) in [6.45, 7) is 15.4. The number of hydrogen-bond donors (Lipinski definition) is 1. The van der Waals surface area contributed by atoms with Crippen molar-refractivity contribution in [3.63, 3.8) is 0 Å². The Kier molecular flexibility index (Phi) is 7.13. The quantitative estimate of drug-likeness (QED) is 0.590. The molecule has 0 bridgehead atoms. The third kappa shape index (κ3) is 5.02. The zero-order valence-corrected chi connectivity index (χ0v) is 17.3. The molecule has 2 saturated heterocycles. The van der Waals surface area contributed by atoms with Gasteiger partial charge in [0, 0.05) is 38.2 Å². The molecule has 1 spiro atoms. The molecular weight excluding hydrogens is 336 g/mol. The van der Waals surface area contributed by atoms with Gasteiger partial charge >= 0.3 is 0 Å². The van der Waals surface area contributed by atoms with E-state index in [-0.39, 0.29) is 0 Å². The zero-order chi connectivity index (χ0) is 19.1.